The van der Waals surface area contributed by atoms with Crippen molar-refractivity contribution >= 4 is 29.1 Å². The number of carbonyl (C=O) groups is 2. The first kappa shape index (κ1) is 21.0. The molecule has 0 atom stereocenters. The molecule has 1 fully saturated rings. The zero-order valence-electron chi connectivity index (χ0n) is 17.0. The Morgan fingerprint density at radius 2 is 1.61 bits per heavy atom. The number of hydrogen-bond donors (Lipinski definition) is 2. The van der Waals surface area contributed by atoms with Crippen molar-refractivity contribution in [1.82, 2.24) is 15.3 Å². The van der Waals surface area contributed by atoms with E-state index in [0.29, 0.717) is 27.7 Å². The molecule has 1 heterocycles. The van der Waals surface area contributed by atoms with Crippen LogP contribution >= 0.6 is 11.6 Å². The van der Waals surface area contributed by atoms with Gasteiger partial charge in [0, 0.05) is 29.7 Å². The third-order valence-corrected chi connectivity index (χ3v) is 5.68. The molecule has 4 rings (SSSR count). The number of hydrogen-bond acceptors (Lipinski definition) is 4. The molecular formula is C24H23ClN4O2. The van der Waals surface area contributed by atoms with Gasteiger partial charge in [-0.3, -0.25) is 9.59 Å². The molecule has 0 spiro atoms. The van der Waals surface area contributed by atoms with E-state index in [1.54, 1.807) is 18.2 Å². The molecule has 158 valence electrons. The number of nitrogens with zero attached hydrogens (tertiary/aromatic N) is 2. The van der Waals surface area contributed by atoms with Gasteiger partial charge in [0.2, 0.25) is 0 Å². The summed E-state index contributed by atoms with van der Waals surface area (Å²) in [5.41, 5.74) is 2.03. The molecule has 0 unspecified atom stereocenters. The molecule has 1 aliphatic carbocycles. The molecule has 2 aromatic carbocycles. The van der Waals surface area contributed by atoms with Gasteiger partial charge >= 0.3 is 0 Å². The van der Waals surface area contributed by atoms with E-state index in [9.17, 15) is 9.59 Å². The van der Waals surface area contributed by atoms with Crippen molar-refractivity contribution in [3.63, 3.8) is 0 Å². The van der Waals surface area contributed by atoms with E-state index in [4.69, 9.17) is 11.6 Å². The van der Waals surface area contributed by atoms with Gasteiger partial charge < -0.3 is 10.6 Å². The number of anilines is 1. The molecule has 1 saturated carbocycles. The SMILES string of the molecule is O=C(Nc1ccc(Cl)c(C(=O)NC2CCCCC2)c1)c1cnc(-c2ccccc2)nc1. The molecule has 2 amide bonds. The summed E-state index contributed by atoms with van der Waals surface area (Å²) in [6.45, 7) is 0. The van der Waals surface area contributed by atoms with Gasteiger partial charge in [-0.1, -0.05) is 61.2 Å². The van der Waals surface area contributed by atoms with Crippen LogP contribution in [0.5, 0.6) is 0 Å². The van der Waals surface area contributed by atoms with Gasteiger partial charge in [-0.2, -0.15) is 0 Å². The second kappa shape index (κ2) is 9.71. The normalized spacial score (nSPS) is 14.1. The fourth-order valence-corrected chi connectivity index (χ4v) is 3.88. The molecule has 0 aliphatic heterocycles. The molecule has 0 saturated heterocycles. The highest BCUT2D eigenvalue weighted by Crippen LogP contribution is 2.23. The maximum absolute atomic E-state index is 12.7. The Bertz CT molecular complexity index is 1060. The molecule has 31 heavy (non-hydrogen) atoms. The van der Waals surface area contributed by atoms with Crippen LogP contribution < -0.4 is 10.6 Å². The topological polar surface area (TPSA) is 84.0 Å². The summed E-state index contributed by atoms with van der Waals surface area (Å²) in [5, 5.41) is 6.19. The summed E-state index contributed by atoms with van der Waals surface area (Å²) in [6.07, 6.45) is 8.40. The zero-order valence-corrected chi connectivity index (χ0v) is 17.7. The average molecular weight is 435 g/mol. The first-order chi connectivity index (χ1) is 15.1. The Morgan fingerprint density at radius 3 is 2.32 bits per heavy atom. The Morgan fingerprint density at radius 1 is 0.903 bits per heavy atom. The van der Waals surface area contributed by atoms with E-state index in [1.807, 2.05) is 30.3 Å². The highest BCUT2D eigenvalue weighted by Gasteiger charge is 2.19. The van der Waals surface area contributed by atoms with Crippen molar-refractivity contribution in [1.29, 1.82) is 0 Å². The zero-order chi connectivity index (χ0) is 21.6. The van der Waals surface area contributed by atoms with Crippen LogP contribution in [0, 0.1) is 0 Å². The van der Waals surface area contributed by atoms with E-state index in [-0.39, 0.29) is 17.9 Å². The number of carbonyl (C=O) groups excluding carboxylic acids is 2. The predicted molar refractivity (Wildman–Crippen MR) is 121 cm³/mol. The smallest absolute Gasteiger partial charge is 0.258 e. The summed E-state index contributed by atoms with van der Waals surface area (Å²) in [7, 11) is 0. The number of benzene rings is 2. The summed E-state index contributed by atoms with van der Waals surface area (Å²) in [6, 6.07) is 14.6. The maximum Gasteiger partial charge on any atom is 0.258 e. The Balaban J connectivity index is 1.44. The summed E-state index contributed by atoms with van der Waals surface area (Å²) in [5.74, 6) is -0.0329. The number of aromatic nitrogens is 2. The van der Waals surface area contributed by atoms with Crippen molar-refractivity contribution < 1.29 is 9.59 Å². The molecule has 7 heteroatoms. The van der Waals surface area contributed by atoms with E-state index >= 15 is 0 Å². The quantitative estimate of drug-likeness (QED) is 0.584. The molecule has 6 nitrogen and oxygen atoms in total. The molecule has 1 aromatic heterocycles. The molecule has 0 radical (unpaired) electrons. The van der Waals surface area contributed by atoms with Gasteiger partial charge in [-0.25, -0.2) is 9.97 Å². The third kappa shape index (κ3) is 5.27. The standard InChI is InChI=1S/C24H23ClN4O2/c25-21-12-11-19(13-20(21)24(31)28-18-9-5-2-6-10-18)29-23(30)17-14-26-22(27-15-17)16-7-3-1-4-8-16/h1,3-4,7-8,11-15,18H,2,5-6,9-10H2,(H,28,31)(H,29,30). The first-order valence-corrected chi connectivity index (χ1v) is 10.8. The van der Waals surface area contributed by atoms with Gasteiger partial charge in [0.15, 0.2) is 5.82 Å². The summed E-state index contributed by atoms with van der Waals surface area (Å²) in [4.78, 5) is 33.9. The minimum atomic E-state index is -0.361. The largest absolute Gasteiger partial charge is 0.349 e. The van der Waals surface area contributed by atoms with Crippen molar-refractivity contribution in [2.24, 2.45) is 0 Å². The van der Waals surface area contributed by atoms with E-state index < -0.39 is 0 Å². The predicted octanol–water partition coefficient (Wildman–Crippen LogP) is 5.11. The highest BCUT2D eigenvalue weighted by atomic mass is 35.5. The molecular weight excluding hydrogens is 412 g/mol. The lowest BCUT2D eigenvalue weighted by atomic mass is 9.95. The number of halogens is 1. The third-order valence-electron chi connectivity index (χ3n) is 5.36. The van der Waals surface area contributed by atoms with Crippen LogP contribution in [-0.2, 0) is 0 Å². The van der Waals surface area contributed by atoms with Gasteiger partial charge in [-0.15, -0.1) is 0 Å². The minimum absolute atomic E-state index is 0.177. The van der Waals surface area contributed by atoms with Crippen LogP contribution in [0.25, 0.3) is 11.4 Å². The summed E-state index contributed by atoms with van der Waals surface area (Å²) >= 11 is 6.24. The molecule has 2 N–H and O–H groups in total. The van der Waals surface area contributed by atoms with Gasteiger partial charge in [-0.05, 0) is 31.0 Å². The van der Waals surface area contributed by atoms with E-state index in [0.717, 1.165) is 31.2 Å². The minimum Gasteiger partial charge on any atom is -0.349 e. The molecule has 0 bridgehead atoms. The monoisotopic (exact) mass is 434 g/mol. The van der Waals surface area contributed by atoms with Gasteiger partial charge in [0.25, 0.3) is 11.8 Å². The lowest BCUT2D eigenvalue weighted by molar-refractivity contribution is 0.0926. The van der Waals surface area contributed by atoms with Crippen LogP contribution in [0.1, 0.15) is 52.8 Å². The van der Waals surface area contributed by atoms with Crippen LogP contribution in [0.15, 0.2) is 60.9 Å². The fourth-order valence-electron chi connectivity index (χ4n) is 3.67. The Labute approximate surface area is 186 Å². The van der Waals surface area contributed by atoms with E-state index in [1.165, 1.54) is 18.8 Å². The lowest BCUT2D eigenvalue weighted by Gasteiger charge is -2.23. The van der Waals surface area contributed by atoms with Crippen LogP contribution in [-0.4, -0.2) is 27.8 Å². The van der Waals surface area contributed by atoms with Crippen molar-refractivity contribution in [3.05, 3.63) is 77.1 Å². The highest BCUT2D eigenvalue weighted by molar-refractivity contribution is 6.34. The van der Waals surface area contributed by atoms with Crippen LogP contribution in [0.4, 0.5) is 5.69 Å². The maximum atomic E-state index is 12.7. The van der Waals surface area contributed by atoms with Gasteiger partial charge in [0.1, 0.15) is 0 Å². The van der Waals surface area contributed by atoms with Gasteiger partial charge in [0.05, 0.1) is 16.1 Å². The summed E-state index contributed by atoms with van der Waals surface area (Å²) < 4.78 is 0. The fraction of sp³-hybridized carbons (Fsp3) is 0.250. The van der Waals surface area contributed by atoms with Crippen molar-refractivity contribution in [2.75, 3.05) is 5.32 Å². The lowest BCUT2D eigenvalue weighted by Crippen LogP contribution is -2.36. The van der Waals surface area contributed by atoms with Crippen molar-refractivity contribution in [3.8, 4) is 11.4 Å². The van der Waals surface area contributed by atoms with Crippen LogP contribution in [0.2, 0.25) is 5.02 Å². The van der Waals surface area contributed by atoms with Crippen LogP contribution in [0.3, 0.4) is 0 Å². The number of nitrogens with one attached hydrogen (secondary N) is 2. The van der Waals surface area contributed by atoms with E-state index in [2.05, 4.69) is 20.6 Å². The Hall–Kier alpha value is -3.25. The molecule has 1 aliphatic rings. The van der Waals surface area contributed by atoms with Crippen molar-refractivity contribution in [2.45, 2.75) is 38.1 Å². The second-order valence-corrected chi connectivity index (χ2v) is 8.03. The second-order valence-electron chi connectivity index (χ2n) is 7.62. The number of rotatable bonds is 5. The Kier molecular flexibility index (Phi) is 6.57. The molecule has 3 aromatic rings. The first-order valence-electron chi connectivity index (χ1n) is 10.4. The number of amides is 2. The average Bonchev–Trinajstić information content (AvgIpc) is 2.81.